The third kappa shape index (κ3) is 4.77. The van der Waals surface area contributed by atoms with Crippen molar-refractivity contribution in [1.82, 2.24) is 18.7 Å². The zero-order valence-corrected chi connectivity index (χ0v) is 21.8. The molecule has 0 atom stereocenters. The van der Waals surface area contributed by atoms with Crippen LogP contribution in [-0.4, -0.2) is 70.2 Å². The molecule has 0 saturated carbocycles. The molecule has 2 fully saturated rings. The van der Waals surface area contributed by atoms with Gasteiger partial charge >= 0.3 is 5.56 Å². The van der Waals surface area contributed by atoms with E-state index in [0.29, 0.717) is 30.3 Å². The van der Waals surface area contributed by atoms with Crippen molar-refractivity contribution in [2.24, 2.45) is 0 Å². The highest BCUT2D eigenvalue weighted by atomic mass is 32.2. The van der Waals surface area contributed by atoms with Crippen molar-refractivity contribution in [3.8, 4) is 16.5 Å². The zero-order valence-electron chi connectivity index (χ0n) is 20.1. The standard InChI is InChI=1S/C25H25FN6O3S2/c1-29-6-7-32(37-29)20-13-18(30-8-10-35-11-9-30)15-31-23(20)28-21(22(33)25(31)34)24-27-14-19(36-24)12-16-2-4-17(26)5-3-16/h2-5,13-15,33H,6-12H2,1H3. The number of fused-ring (bicyclic) bond motifs is 1. The number of ether oxygens (including phenoxy) is 1. The Morgan fingerprint density at radius 1 is 1.14 bits per heavy atom. The summed E-state index contributed by atoms with van der Waals surface area (Å²) in [6.45, 7) is 4.33. The van der Waals surface area contributed by atoms with Crippen LogP contribution < -0.4 is 14.8 Å². The fraction of sp³-hybridized carbons (Fsp3) is 0.320. The normalized spacial score (nSPS) is 16.7. The summed E-state index contributed by atoms with van der Waals surface area (Å²) in [7, 11) is 2.02. The van der Waals surface area contributed by atoms with E-state index in [1.165, 1.54) is 27.9 Å². The van der Waals surface area contributed by atoms with Gasteiger partial charge in [0.1, 0.15) is 16.5 Å². The molecule has 9 nitrogen and oxygen atoms in total. The van der Waals surface area contributed by atoms with Gasteiger partial charge in [0.05, 0.1) is 24.6 Å². The van der Waals surface area contributed by atoms with E-state index in [9.17, 15) is 14.3 Å². The van der Waals surface area contributed by atoms with E-state index in [4.69, 9.17) is 9.72 Å². The molecular formula is C25H25FN6O3S2. The maximum atomic E-state index is 13.5. The molecule has 0 radical (unpaired) electrons. The molecule has 37 heavy (non-hydrogen) atoms. The molecule has 0 spiro atoms. The molecule has 2 aliphatic heterocycles. The van der Waals surface area contributed by atoms with Crippen molar-refractivity contribution in [1.29, 1.82) is 0 Å². The minimum atomic E-state index is -0.538. The van der Waals surface area contributed by atoms with Crippen LogP contribution in [0.25, 0.3) is 16.3 Å². The van der Waals surface area contributed by atoms with Gasteiger partial charge in [0.15, 0.2) is 5.65 Å². The highest BCUT2D eigenvalue weighted by Gasteiger charge is 2.26. The van der Waals surface area contributed by atoms with E-state index in [-0.39, 0.29) is 11.5 Å². The highest BCUT2D eigenvalue weighted by Crippen LogP contribution is 2.37. The van der Waals surface area contributed by atoms with Crippen molar-refractivity contribution in [2.45, 2.75) is 6.42 Å². The molecule has 2 saturated heterocycles. The molecule has 1 aromatic carbocycles. The number of anilines is 2. The molecule has 2 aliphatic rings. The van der Waals surface area contributed by atoms with Gasteiger partial charge in [-0.2, -0.15) is 0 Å². The second-order valence-corrected chi connectivity index (χ2v) is 11.3. The smallest absolute Gasteiger partial charge is 0.300 e. The maximum absolute atomic E-state index is 13.5. The Morgan fingerprint density at radius 2 is 1.92 bits per heavy atom. The molecular weight excluding hydrogens is 515 g/mol. The third-order valence-electron chi connectivity index (χ3n) is 6.42. The number of nitrogens with zero attached hydrogens (tertiary/aromatic N) is 6. The number of pyridine rings is 1. The number of morpholine rings is 1. The predicted octanol–water partition coefficient (Wildman–Crippen LogP) is 3.41. The van der Waals surface area contributed by atoms with Gasteiger partial charge in [-0.1, -0.05) is 12.1 Å². The van der Waals surface area contributed by atoms with Crippen molar-refractivity contribution < 1.29 is 14.2 Å². The minimum Gasteiger partial charge on any atom is -0.501 e. The van der Waals surface area contributed by atoms with Crippen LogP contribution in [0.1, 0.15) is 10.4 Å². The number of rotatable bonds is 5. The Kier molecular flexibility index (Phi) is 6.49. The van der Waals surface area contributed by atoms with Crippen LogP contribution in [0.5, 0.6) is 5.75 Å². The minimum absolute atomic E-state index is 0.165. The van der Waals surface area contributed by atoms with Gasteiger partial charge in [0.2, 0.25) is 5.75 Å². The van der Waals surface area contributed by atoms with Crippen LogP contribution in [0.4, 0.5) is 15.8 Å². The largest absolute Gasteiger partial charge is 0.501 e. The van der Waals surface area contributed by atoms with Crippen LogP contribution in [0.15, 0.2) is 47.5 Å². The molecule has 5 heterocycles. The number of aromatic nitrogens is 3. The average Bonchev–Trinajstić information content (AvgIpc) is 3.56. The summed E-state index contributed by atoms with van der Waals surface area (Å²) in [5.41, 5.74) is 2.73. The van der Waals surface area contributed by atoms with Gasteiger partial charge in [0, 0.05) is 62.0 Å². The van der Waals surface area contributed by atoms with Crippen molar-refractivity contribution in [3.63, 3.8) is 0 Å². The Morgan fingerprint density at radius 3 is 2.65 bits per heavy atom. The first kappa shape index (κ1) is 24.2. The molecule has 0 amide bonds. The summed E-state index contributed by atoms with van der Waals surface area (Å²) in [6.07, 6.45) is 4.02. The Labute approximate surface area is 221 Å². The molecule has 3 aromatic heterocycles. The van der Waals surface area contributed by atoms with Gasteiger partial charge in [0.25, 0.3) is 0 Å². The van der Waals surface area contributed by atoms with E-state index in [1.807, 2.05) is 7.05 Å². The van der Waals surface area contributed by atoms with Gasteiger partial charge in [-0.05, 0) is 30.8 Å². The number of likely N-dealkylation sites (N-methyl/N-ethyl adjacent to an activating group) is 1. The first-order chi connectivity index (χ1) is 18.0. The molecule has 1 N–H and O–H groups in total. The van der Waals surface area contributed by atoms with E-state index < -0.39 is 11.3 Å². The first-order valence-corrected chi connectivity index (χ1v) is 13.5. The second kappa shape index (κ2) is 9.93. The average molecular weight is 541 g/mol. The number of hydrogen-bond donors (Lipinski definition) is 1. The molecule has 4 aromatic rings. The molecule has 0 unspecified atom stereocenters. The molecule has 12 heteroatoms. The first-order valence-electron chi connectivity index (χ1n) is 11.9. The summed E-state index contributed by atoms with van der Waals surface area (Å²) in [6, 6.07) is 8.37. The second-order valence-electron chi connectivity index (χ2n) is 8.96. The molecule has 0 aliphatic carbocycles. The Balaban J connectivity index is 1.43. The van der Waals surface area contributed by atoms with Gasteiger partial charge in [-0.25, -0.2) is 18.7 Å². The van der Waals surface area contributed by atoms with E-state index in [2.05, 4.69) is 24.6 Å². The van der Waals surface area contributed by atoms with E-state index in [1.54, 1.807) is 36.7 Å². The van der Waals surface area contributed by atoms with Crippen LogP contribution in [0.2, 0.25) is 0 Å². The lowest BCUT2D eigenvalue weighted by atomic mass is 10.1. The van der Waals surface area contributed by atoms with Gasteiger partial charge < -0.3 is 14.7 Å². The van der Waals surface area contributed by atoms with Crippen LogP contribution >= 0.6 is 23.5 Å². The number of benzene rings is 1. The monoisotopic (exact) mass is 540 g/mol. The number of aromatic hydroxyl groups is 1. The van der Waals surface area contributed by atoms with Crippen LogP contribution in [0.3, 0.4) is 0 Å². The molecule has 6 rings (SSSR count). The number of halogens is 1. The van der Waals surface area contributed by atoms with Crippen LogP contribution in [-0.2, 0) is 11.2 Å². The zero-order chi connectivity index (χ0) is 25.5. The Bertz CT molecular complexity index is 1500. The third-order valence-corrected chi connectivity index (χ3v) is 8.46. The summed E-state index contributed by atoms with van der Waals surface area (Å²) in [5.74, 6) is -0.717. The topological polar surface area (TPSA) is 86.4 Å². The summed E-state index contributed by atoms with van der Waals surface area (Å²) < 4.78 is 24.4. The number of hydrogen-bond acceptors (Lipinski definition) is 10. The summed E-state index contributed by atoms with van der Waals surface area (Å²) in [5, 5.41) is 11.4. The fourth-order valence-corrected chi connectivity index (χ4v) is 6.30. The predicted molar refractivity (Wildman–Crippen MR) is 144 cm³/mol. The lowest BCUT2D eigenvalue weighted by Gasteiger charge is -2.30. The van der Waals surface area contributed by atoms with Gasteiger partial charge in [-0.3, -0.25) is 13.5 Å². The molecule has 192 valence electrons. The highest BCUT2D eigenvalue weighted by molar-refractivity contribution is 7.98. The van der Waals surface area contributed by atoms with Crippen molar-refractivity contribution >= 4 is 40.5 Å². The van der Waals surface area contributed by atoms with Crippen molar-refractivity contribution in [3.05, 3.63) is 69.3 Å². The quantitative estimate of drug-likeness (QED) is 0.383. The lowest BCUT2D eigenvalue weighted by Crippen LogP contribution is -2.36. The van der Waals surface area contributed by atoms with Crippen LogP contribution in [0, 0.1) is 5.82 Å². The maximum Gasteiger partial charge on any atom is 0.300 e. The number of thiazole rings is 1. The van der Waals surface area contributed by atoms with Gasteiger partial charge in [-0.15, -0.1) is 11.3 Å². The summed E-state index contributed by atoms with van der Waals surface area (Å²) in [4.78, 5) is 25.8. The molecule has 0 bridgehead atoms. The van der Waals surface area contributed by atoms with E-state index >= 15 is 0 Å². The fourth-order valence-electron chi connectivity index (χ4n) is 4.47. The van der Waals surface area contributed by atoms with Crippen molar-refractivity contribution in [2.75, 3.05) is 55.6 Å². The SMILES string of the molecule is CN1CCN(c2cc(N3CCOCC3)cn3c(=O)c(O)c(-c4ncc(Cc5ccc(F)cc5)s4)nc23)S1. The van der Waals surface area contributed by atoms with E-state index in [0.717, 1.165) is 48.0 Å². The Hall–Kier alpha value is -3.19. The lowest BCUT2D eigenvalue weighted by molar-refractivity contribution is 0.122. The summed E-state index contributed by atoms with van der Waals surface area (Å²) >= 11 is 2.93.